The normalized spacial score (nSPS) is 10.5. The van der Waals surface area contributed by atoms with Crippen LogP contribution in [0.5, 0.6) is 0 Å². The molecule has 17 heavy (non-hydrogen) atoms. The van der Waals surface area contributed by atoms with Crippen molar-refractivity contribution in [1.29, 1.82) is 0 Å². The molecule has 2 aromatic carbocycles. The van der Waals surface area contributed by atoms with Gasteiger partial charge in [-0.1, -0.05) is 43.3 Å². The predicted molar refractivity (Wildman–Crippen MR) is 69.6 cm³/mol. The topological polar surface area (TPSA) is 0 Å². The summed E-state index contributed by atoms with van der Waals surface area (Å²) in [6.07, 6.45) is 3.05. The lowest BCUT2D eigenvalue weighted by Gasteiger charge is -2.04. The molecule has 0 heterocycles. The van der Waals surface area contributed by atoms with Gasteiger partial charge in [-0.3, -0.25) is 0 Å². The summed E-state index contributed by atoms with van der Waals surface area (Å²) >= 11 is 0. The van der Waals surface area contributed by atoms with E-state index < -0.39 is 0 Å². The highest BCUT2D eigenvalue weighted by Gasteiger charge is 1.97. The fourth-order valence-corrected chi connectivity index (χ4v) is 1.94. The van der Waals surface area contributed by atoms with Crippen molar-refractivity contribution in [3.8, 4) is 0 Å². The molecule has 0 saturated heterocycles. The van der Waals surface area contributed by atoms with E-state index in [-0.39, 0.29) is 5.82 Å². The monoisotopic (exact) mass is 228 g/mol. The van der Waals surface area contributed by atoms with Crippen molar-refractivity contribution in [1.82, 2.24) is 0 Å². The van der Waals surface area contributed by atoms with Crippen LogP contribution in [0.15, 0.2) is 48.5 Å². The summed E-state index contributed by atoms with van der Waals surface area (Å²) in [6, 6.07) is 15.4. The first-order valence-electron chi connectivity index (χ1n) is 6.10. The average Bonchev–Trinajstić information content (AvgIpc) is 2.38. The Morgan fingerprint density at radius 3 is 2.18 bits per heavy atom. The third-order valence-electron chi connectivity index (χ3n) is 3.02. The first kappa shape index (κ1) is 11.8. The molecule has 0 aliphatic rings. The van der Waals surface area contributed by atoms with Gasteiger partial charge in [-0.05, 0) is 48.1 Å². The van der Waals surface area contributed by atoms with E-state index in [0.29, 0.717) is 0 Å². The quantitative estimate of drug-likeness (QED) is 0.736. The maximum Gasteiger partial charge on any atom is 0.123 e. The van der Waals surface area contributed by atoms with Gasteiger partial charge in [-0.25, -0.2) is 4.39 Å². The minimum Gasteiger partial charge on any atom is -0.207 e. The molecule has 0 aliphatic heterocycles. The Kier molecular flexibility index (Phi) is 3.92. The number of hydrogen-bond donors (Lipinski definition) is 0. The molecule has 0 spiro atoms. The van der Waals surface area contributed by atoms with Crippen LogP contribution in [-0.2, 0) is 19.3 Å². The molecule has 88 valence electrons. The van der Waals surface area contributed by atoms with Crippen molar-refractivity contribution in [2.75, 3.05) is 0 Å². The van der Waals surface area contributed by atoms with Crippen LogP contribution in [0.3, 0.4) is 0 Å². The molecular weight excluding hydrogens is 211 g/mol. The van der Waals surface area contributed by atoms with Crippen molar-refractivity contribution >= 4 is 0 Å². The van der Waals surface area contributed by atoms with Gasteiger partial charge in [0.1, 0.15) is 5.82 Å². The van der Waals surface area contributed by atoms with Crippen LogP contribution in [0.4, 0.5) is 4.39 Å². The van der Waals surface area contributed by atoms with Gasteiger partial charge in [-0.15, -0.1) is 0 Å². The molecule has 0 nitrogen and oxygen atoms in total. The molecule has 0 fully saturated rings. The Labute approximate surface area is 102 Å². The maximum atomic E-state index is 12.7. The molecule has 0 saturated carbocycles. The number of rotatable bonds is 4. The van der Waals surface area contributed by atoms with Crippen LogP contribution >= 0.6 is 0 Å². The second-order valence-corrected chi connectivity index (χ2v) is 4.30. The second kappa shape index (κ2) is 5.62. The Morgan fingerprint density at radius 2 is 1.47 bits per heavy atom. The Balaban J connectivity index is 1.99. The highest BCUT2D eigenvalue weighted by Crippen LogP contribution is 2.11. The lowest BCUT2D eigenvalue weighted by molar-refractivity contribution is 0.627. The predicted octanol–water partition coefficient (Wildman–Crippen LogP) is 4.17. The zero-order valence-electron chi connectivity index (χ0n) is 10.1. The van der Waals surface area contributed by atoms with Crippen molar-refractivity contribution < 1.29 is 4.39 Å². The fraction of sp³-hybridized carbons (Fsp3) is 0.250. The summed E-state index contributed by atoms with van der Waals surface area (Å²) in [5.74, 6) is -0.165. The molecule has 0 aromatic heterocycles. The number of benzene rings is 2. The van der Waals surface area contributed by atoms with Crippen LogP contribution in [0, 0.1) is 5.82 Å². The molecular formula is C16H17F. The van der Waals surface area contributed by atoms with Crippen LogP contribution in [0.2, 0.25) is 0 Å². The van der Waals surface area contributed by atoms with Crippen molar-refractivity contribution in [3.05, 3.63) is 71.0 Å². The Hall–Kier alpha value is -1.63. The molecule has 0 aliphatic carbocycles. The lowest BCUT2D eigenvalue weighted by Crippen LogP contribution is -1.92. The van der Waals surface area contributed by atoms with Crippen LogP contribution in [-0.4, -0.2) is 0 Å². The average molecular weight is 228 g/mol. The summed E-state index contributed by atoms with van der Waals surface area (Å²) < 4.78 is 12.7. The minimum absolute atomic E-state index is 0.165. The van der Waals surface area contributed by atoms with E-state index in [0.717, 1.165) is 19.3 Å². The van der Waals surface area contributed by atoms with Gasteiger partial charge in [0.15, 0.2) is 0 Å². The molecule has 0 bridgehead atoms. The Bertz CT molecular complexity index is 471. The van der Waals surface area contributed by atoms with E-state index in [1.807, 2.05) is 12.1 Å². The third-order valence-corrected chi connectivity index (χ3v) is 3.02. The number of halogens is 1. The molecule has 0 amide bonds. The summed E-state index contributed by atoms with van der Waals surface area (Å²) in [5.41, 5.74) is 3.92. The largest absolute Gasteiger partial charge is 0.207 e. The lowest BCUT2D eigenvalue weighted by atomic mass is 10.0. The third kappa shape index (κ3) is 3.42. The Morgan fingerprint density at radius 1 is 0.824 bits per heavy atom. The van der Waals surface area contributed by atoms with Crippen molar-refractivity contribution in [2.45, 2.75) is 26.2 Å². The maximum absolute atomic E-state index is 12.7. The summed E-state index contributed by atoms with van der Waals surface area (Å²) in [7, 11) is 0. The first-order chi connectivity index (χ1) is 8.28. The highest BCUT2D eigenvalue weighted by molar-refractivity contribution is 5.25. The molecule has 2 aromatic rings. The van der Waals surface area contributed by atoms with E-state index in [2.05, 4.69) is 31.2 Å². The van der Waals surface area contributed by atoms with Gasteiger partial charge in [0, 0.05) is 0 Å². The molecule has 1 heteroatoms. The SMILES string of the molecule is CCc1cccc(CCc2ccc(F)cc2)c1. The first-order valence-corrected chi connectivity index (χ1v) is 6.10. The molecule has 0 N–H and O–H groups in total. The van der Waals surface area contributed by atoms with Gasteiger partial charge in [-0.2, -0.15) is 0 Å². The number of hydrogen-bond acceptors (Lipinski definition) is 0. The van der Waals surface area contributed by atoms with Gasteiger partial charge in [0.25, 0.3) is 0 Å². The van der Waals surface area contributed by atoms with Crippen LogP contribution < -0.4 is 0 Å². The van der Waals surface area contributed by atoms with Gasteiger partial charge in [0.05, 0.1) is 0 Å². The molecule has 0 atom stereocenters. The van der Waals surface area contributed by atoms with Crippen LogP contribution in [0.25, 0.3) is 0 Å². The van der Waals surface area contributed by atoms with Gasteiger partial charge >= 0.3 is 0 Å². The molecule has 0 radical (unpaired) electrons. The van der Waals surface area contributed by atoms with E-state index >= 15 is 0 Å². The molecule has 0 unspecified atom stereocenters. The van der Waals surface area contributed by atoms with E-state index in [9.17, 15) is 4.39 Å². The van der Waals surface area contributed by atoms with E-state index in [4.69, 9.17) is 0 Å². The molecule has 2 rings (SSSR count). The zero-order valence-corrected chi connectivity index (χ0v) is 10.1. The zero-order chi connectivity index (χ0) is 12.1. The standard InChI is InChI=1S/C16H17F/c1-2-13-4-3-5-15(12-13)7-6-14-8-10-16(17)11-9-14/h3-5,8-12H,2,6-7H2,1H3. The smallest absolute Gasteiger partial charge is 0.123 e. The van der Waals surface area contributed by atoms with E-state index in [1.165, 1.54) is 28.8 Å². The van der Waals surface area contributed by atoms with Gasteiger partial charge in [0.2, 0.25) is 0 Å². The van der Waals surface area contributed by atoms with Crippen molar-refractivity contribution in [2.24, 2.45) is 0 Å². The van der Waals surface area contributed by atoms with E-state index in [1.54, 1.807) is 0 Å². The summed E-state index contributed by atoms with van der Waals surface area (Å²) in [4.78, 5) is 0. The second-order valence-electron chi connectivity index (χ2n) is 4.30. The van der Waals surface area contributed by atoms with Crippen molar-refractivity contribution in [3.63, 3.8) is 0 Å². The highest BCUT2D eigenvalue weighted by atomic mass is 19.1. The summed E-state index contributed by atoms with van der Waals surface area (Å²) in [5, 5.41) is 0. The number of aryl methyl sites for hydroxylation is 3. The van der Waals surface area contributed by atoms with Gasteiger partial charge < -0.3 is 0 Å². The fourth-order valence-electron chi connectivity index (χ4n) is 1.94. The minimum atomic E-state index is -0.165. The van der Waals surface area contributed by atoms with Crippen LogP contribution in [0.1, 0.15) is 23.6 Å². The summed E-state index contributed by atoms with van der Waals surface area (Å²) in [6.45, 7) is 2.17.